The Kier molecular flexibility index (Phi) is 8.39. The molecular weight excluding hydrogens is 623 g/mol. The monoisotopic (exact) mass is 647 g/mol. The third kappa shape index (κ3) is 6.61. The van der Waals surface area contributed by atoms with Crippen LogP contribution in [0.3, 0.4) is 0 Å². The number of nitrogens with zero attached hydrogens (tertiary/aromatic N) is 4. The number of anilines is 1. The van der Waals surface area contributed by atoms with Crippen LogP contribution in [0.5, 0.6) is 0 Å². The summed E-state index contributed by atoms with van der Waals surface area (Å²) in [5.74, 6) is 0.0960. The lowest BCUT2D eigenvalue weighted by atomic mass is 10.0. The number of hydrogen-bond donors (Lipinski definition) is 7. The summed E-state index contributed by atoms with van der Waals surface area (Å²) in [7, 11) is -16.8. The van der Waals surface area contributed by atoms with Gasteiger partial charge in [-0.2, -0.15) is 13.7 Å². The molecule has 0 spiro atoms. The smallest absolute Gasteiger partial charge is 0.387 e. The summed E-state index contributed by atoms with van der Waals surface area (Å²) in [4.78, 5) is 44.6. The van der Waals surface area contributed by atoms with Crippen LogP contribution in [-0.2, 0) is 38.0 Å². The van der Waals surface area contributed by atoms with Crippen LogP contribution in [0.4, 0.5) is 5.82 Å². The molecular formula is C21H24N5O13P3. The zero-order valence-corrected chi connectivity index (χ0v) is 23.8. The van der Waals surface area contributed by atoms with Crippen LogP contribution in [-0.4, -0.2) is 74.5 Å². The molecule has 4 aromatic rings. The van der Waals surface area contributed by atoms with Gasteiger partial charge in [0.2, 0.25) is 0 Å². The maximum Gasteiger partial charge on any atom is 0.490 e. The summed E-state index contributed by atoms with van der Waals surface area (Å²) in [5.41, 5.74) is 7.65. The van der Waals surface area contributed by atoms with Gasteiger partial charge in [-0.05, 0) is 16.3 Å². The van der Waals surface area contributed by atoms with E-state index in [0.717, 1.165) is 16.3 Å². The predicted octanol–water partition coefficient (Wildman–Crippen LogP) is 1.11. The maximum atomic E-state index is 12.1. The summed E-state index contributed by atoms with van der Waals surface area (Å²) in [5, 5.41) is 28.2. The highest BCUT2D eigenvalue weighted by Gasteiger charge is 2.47. The normalized spacial score (nSPS) is 24.1. The van der Waals surface area contributed by atoms with E-state index in [4.69, 9.17) is 20.3 Å². The Hall–Kier alpha value is -2.66. The lowest BCUT2D eigenvalue weighted by Crippen LogP contribution is -2.33. The van der Waals surface area contributed by atoms with E-state index < -0.39 is 54.6 Å². The second-order valence-corrected chi connectivity index (χ2v) is 13.5. The number of hydrogen-bond acceptors (Lipinski definition) is 13. The molecule has 18 nitrogen and oxygen atoms in total. The molecule has 5 rings (SSSR count). The molecule has 8 N–H and O–H groups in total. The first-order valence-corrected chi connectivity index (χ1v) is 16.4. The van der Waals surface area contributed by atoms with E-state index in [1.165, 1.54) is 11.0 Å². The van der Waals surface area contributed by atoms with Crippen molar-refractivity contribution in [1.82, 2.24) is 19.7 Å². The first-order chi connectivity index (χ1) is 19.6. The Bertz CT molecular complexity index is 1780. The second-order valence-electron chi connectivity index (χ2n) is 9.10. The molecule has 6 unspecified atom stereocenters. The fraction of sp³-hybridized carbons (Fsp3) is 0.286. The summed E-state index contributed by atoms with van der Waals surface area (Å²) < 4.78 is 53.1. The summed E-state index contributed by atoms with van der Waals surface area (Å²) in [6.45, 7) is -0.988. The minimum Gasteiger partial charge on any atom is -0.387 e. The number of rotatable bonds is 10. The van der Waals surface area contributed by atoms with Crippen molar-refractivity contribution in [2.24, 2.45) is 0 Å². The molecule has 1 fully saturated rings. The average Bonchev–Trinajstić information content (AvgIpc) is 3.38. The Morgan fingerprint density at radius 3 is 2.38 bits per heavy atom. The van der Waals surface area contributed by atoms with E-state index in [9.17, 15) is 33.7 Å². The highest BCUT2D eigenvalue weighted by atomic mass is 31.3. The van der Waals surface area contributed by atoms with Crippen molar-refractivity contribution >= 4 is 51.1 Å². The molecule has 6 atom stereocenters. The number of aromatic nitrogens is 4. The first-order valence-electron chi connectivity index (χ1n) is 11.9. The van der Waals surface area contributed by atoms with Crippen molar-refractivity contribution < 1.29 is 61.4 Å². The molecule has 0 amide bonds. The zero-order valence-electron chi connectivity index (χ0n) is 21.1. The van der Waals surface area contributed by atoms with Crippen LogP contribution in [0.25, 0.3) is 21.8 Å². The SMILES string of the molecule is Nc1ncnc2c1c(Cc1cccc3ccccc13)nn2C1OC(COP(=O)(O)OP(=O)(O)OP(=O)(O)O)C(O)C1O. The maximum absolute atomic E-state index is 12.1. The van der Waals surface area contributed by atoms with Crippen molar-refractivity contribution in [3.8, 4) is 0 Å². The molecule has 0 bridgehead atoms. The van der Waals surface area contributed by atoms with E-state index in [-0.39, 0.29) is 17.9 Å². The van der Waals surface area contributed by atoms with Crippen molar-refractivity contribution in [3.63, 3.8) is 0 Å². The number of ether oxygens (including phenoxy) is 1. The number of phosphoric acid groups is 3. The number of phosphoric ester groups is 1. The lowest BCUT2D eigenvalue weighted by Gasteiger charge is -2.19. The van der Waals surface area contributed by atoms with Crippen molar-refractivity contribution in [2.45, 2.75) is 31.0 Å². The van der Waals surface area contributed by atoms with Gasteiger partial charge in [0.05, 0.1) is 17.7 Å². The minimum atomic E-state index is -5.75. The van der Waals surface area contributed by atoms with Gasteiger partial charge in [-0.3, -0.25) is 4.52 Å². The van der Waals surface area contributed by atoms with Crippen molar-refractivity contribution in [2.75, 3.05) is 12.3 Å². The fourth-order valence-corrected chi connectivity index (χ4v) is 7.57. The van der Waals surface area contributed by atoms with E-state index >= 15 is 0 Å². The molecule has 0 radical (unpaired) electrons. The standard InChI is InChI=1S/C21H24N5O13P3/c22-19-16-14(8-12-6-3-5-11-4-1-2-7-13(11)12)25-26(20(16)24-10-23-19)21-18(28)17(27)15(37-21)9-36-41(32,33)39-42(34,35)38-40(29,30)31/h1-7,10,15,17-18,21,27-28H,8-9H2,(H,32,33)(H,34,35)(H2,22,23,24)(H2,29,30,31). The van der Waals surface area contributed by atoms with Gasteiger partial charge in [0, 0.05) is 6.42 Å². The molecule has 3 heterocycles. The summed E-state index contributed by atoms with van der Waals surface area (Å²) in [6.07, 6.45) is -4.89. The van der Waals surface area contributed by atoms with Crippen LogP contribution in [0.1, 0.15) is 17.5 Å². The van der Waals surface area contributed by atoms with Gasteiger partial charge in [-0.1, -0.05) is 42.5 Å². The van der Waals surface area contributed by atoms with Crippen LogP contribution < -0.4 is 5.73 Å². The van der Waals surface area contributed by atoms with Gasteiger partial charge in [0.15, 0.2) is 11.9 Å². The topological polar surface area (TPSA) is 279 Å². The largest absolute Gasteiger partial charge is 0.490 e. The zero-order chi connectivity index (χ0) is 30.4. The van der Waals surface area contributed by atoms with Crippen LogP contribution in [0.2, 0.25) is 0 Å². The van der Waals surface area contributed by atoms with Gasteiger partial charge in [0.1, 0.15) is 30.5 Å². The van der Waals surface area contributed by atoms with E-state index in [1.807, 2.05) is 42.5 Å². The molecule has 2 aromatic heterocycles. The molecule has 1 saturated heterocycles. The Labute approximate surface area is 235 Å². The van der Waals surface area contributed by atoms with Crippen molar-refractivity contribution in [3.05, 3.63) is 60.0 Å². The molecule has 0 aliphatic carbocycles. The number of fused-ring (bicyclic) bond motifs is 2. The lowest BCUT2D eigenvalue weighted by molar-refractivity contribution is -0.0559. The van der Waals surface area contributed by atoms with E-state index in [0.29, 0.717) is 11.1 Å². The van der Waals surface area contributed by atoms with Crippen LogP contribution >= 0.6 is 23.5 Å². The van der Waals surface area contributed by atoms with E-state index in [2.05, 4.69) is 28.2 Å². The molecule has 21 heteroatoms. The molecule has 42 heavy (non-hydrogen) atoms. The Morgan fingerprint density at radius 2 is 1.64 bits per heavy atom. The highest BCUT2D eigenvalue weighted by molar-refractivity contribution is 7.66. The molecule has 1 aliphatic heterocycles. The number of nitrogens with two attached hydrogens (primary N) is 1. The number of benzene rings is 2. The van der Waals surface area contributed by atoms with Gasteiger partial charge in [-0.25, -0.2) is 28.3 Å². The van der Waals surface area contributed by atoms with E-state index in [1.54, 1.807) is 0 Å². The van der Waals surface area contributed by atoms with Gasteiger partial charge in [-0.15, -0.1) is 0 Å². The van der Waals surface area contributed by atoms with Gasteiger partial charge < -0.3 is 40.3 Å². The van der Waals surface area contributed by atoms with Crippen molar-refractivity contribution in [1.29, 1.82) is 0 Å². The van der Waals surface area contributed by atoms with Gasteiger partial charge >= 0.3 is 23.5 Å². The molecule has 2 aromatic carbocycles. The third-order valence-corrected chi connectivity index (χ3v) is 10.0. The average molecular weight is 647 g/mol. The fourth-order valence-electron chi connectivity index (χ4n) is 4.54. The summed E-state index contributed by atoms with van der Waals surface area (Å²) >= 11 is 0. The quantitative estimate of drug-likeness (QED) is 0.119. The Morgan fingerprint density at radius 1 is 0.929 bits per heavy atom. The summed E-state index contributed by atoms with van der Waals surface area (Å²) in [6, 6.07) is 13.5. The molecule has 0 saturated carbocycles. The highest BCUT2D eigenvalue weighted by Crippen LogP contribution is 2.66. The third-order valence-electron chi connectivity index (χ3n) is 6.22. The second kappa shape index (κ2) is 11.4. The molecule has 226 valence electrons. The number of aliphatic hydroxyl groups is 2. The number of aliphatic hydroxyl groups excluding tert-OH is 2. The van der Waals surface area contributed by atoms with Gasteiger partial charge in [0.25, 0.3) is 0 Å². The Balaban J connectivity index is 1.39. The number of nitrogen functional groups attached to an aromatic ring is 1. The first kappa shape index (κ1) is 30.8. The predicted molar refractivity (Wildman–Crippen MR) is 142 cm³/mol. The van der Waals surface area contributed by atoms with Crippen LogP contribution in [0, 0.1) is 0 Å². The minimum absolute atomic E-state index is 0.0960. The van der Waals surface area contributed by atoms with Crippen LogP contribution in [0.15, 0.2) is 48.8 Å². The molecule has 1 aliphatic rings.